The Bertz CT molecular complexity index is 373. The van der Waals surface area contributed by atoms with Gasteiger partial charge >= 0.3 is 0 Å². The molecule has 0 aliphatic heterocycles. The predicted molar refractivity (Wildman–Crippen MR) is 80.9 cm³/mol. The summed E-state index contributed by atoms with van der Waals surface area (Å²) in [5.41, 5.74) is 1.08. The summed E-state index contributed by atoms with van der Waals surface area (Å²) < 4.78 is 19.3. The van der Waals surface area contributed by atoms with Gasteiger partial charge in [0, 0.05) is 23.7 Å². The zero-order valence-corrected chi connectivity index (χ0v) is 13.3. The minimum absolute atomic E-state index is 0.200. The molecule has 1 unspecified atom stereocenters. The van der Waals surface area contributed by atoms with Gasteiger partial charge in [-0.3, -0.25) is 0 Å². The summed E-state index contributed by atoms with van der Waals surface area (Å²) in [6, 6.07) is 5.01. The van der Waals surface area contributed by atoms with Crippen molar-refractivity contribution >= 4 is 15.9 Å². The monoisotopic (exact) mass is 331 g/mol. The maximum atomic E-state index is 13.0. The molecular weight excluding hydrogens is 309 g/mol. The molecule has 4 heteroatoms. The van der Waals surface area contributed by atoms with Crippen molar-refractivity contribution < 1.29 is 9.13 Å². The van der Waals surface area contributed by atoms with Gasteiger partial charge in [0.05, 0.1) is 0 Å². The average molecular weight is 332 g/mol. The zero-order valence-electron chi connectivity index (χ0n) is 11.7. The van der Waals surface area contributed by atoms with Crippen molar-refractivity contribution in [1.29, 1.82) is 0 Å². The number of benzene rings is 1. The number of ether oxygens (including phenoxy) is 1. The molecule has 0 aliphatic carbocycles. The van der Waals surface area contributed by atoms with Crippen LogP contribution in [0.2, 0.25) is 0 Å². The average Bonchev–Trinajstić information content (AvgIpc) is 2.37. The highest BCUT2D eigenvalue weighted by molar-refractivity contribution is 9.10. The molecule has 0 heterocycles. The normalized spacial score (nSPS) is 12.6. The molecule has 0 aromatic heterocycles. The molecule has 1 atom stereocenters. The molecule has 1 aromatic rings. The van der Waals surface area contributed by atoms with Gasteiger partial charge in [-0.2, -0.15) is 0 Å². The second-order valence-electron chi connectivity index (χ2n) is 4.66. The van der Waals surface area contributed by atoms with Crippen LogP contribution < -0.4 is 5.32 Å². The van der Waals surface area contributed by atoms with Gasteiger partial charge in [0.2, 0.25) is 0 Å². The molecule has 0 saturated heterocycles. The lowest BCUT2D eigenvalue weighted by Gasteiger charge is -2.16. The molecule has 0 spiro atoms. The summed E-state index contributed by atoms with van der Waals surface area (Å²) in [4.78, 5) is 0. The second kappa shape index (κ2) is 9.45. The summed E-state index contributed by atoms with van der Waals surface area (Å²) in [5, 5.41) is 3.42. The van der Waals surface area contributed by atoms with E-state index < -0.39 is 0 Å². The van der Waals surface area contributed by atoms with E-state index in [9.17, 15) is 4.39 Å². The standard InChI is InChI=1S/C15H23BrFNO/c1-3-4-9-19-10-5-8-18-12(2)14-7-6-13(17)11-15(14)16/h6-7,11-12,18H,3-5,8-10H2,1-2H3. The van der Waals surface area contributed by atoms with Crippen LogP contribution in [0.15, 0.2) is 22.7 Å². The third-order valence-corrected chi connectivity index (χ3v) is 3.67. The van der Waals surface area contributed by atoms with E-state index in [2.05, 4.69) is 35.1 Å². The van der Waals surface area contributed by atoms with Crippen molar-refractivity contribution in [3.05, 3.63) is 34.1 Å². The summed E-state index contributed by atoms with van der Waals surface area (Å²) in [6.07, 6.45) is 3.30. The maximum absolute atomic E-state index is 13.0. The van der Waals surface area contributed by atoms with E-state index in [1.807, 2.05) is 6.07 Å². The minimum Gasteiger partial charge on any atom is -0.381 e. The van der Waals surface area contributed by atoms with Gasteiger partial charge < -0.3 is 10.1 Å². The largest absolute Gasteiger partial charge is 0.381 e. The summed E-state index contributed by atoms with van der Waals surface area (Å²) >= 11 is 3.39. The first-order valence-corrected chi connectivity index (χ1v) is 7.70. The van der Waals surface area contributed by atoms with Gasteiger partial charge in [-0.05, 0) is 44.0 Å². The first kappa shape index (κ1) is 16.6. The van der Waals surface area contributed by atoms with E-state index in [0.717, 1.165) is 42.6 Å². The van der Waals surface area contributed by atoms with E-state index >= 15 is 0 Å². The van der Waals surface area contributed by atoms with Gasteiger partial charge in [-0.25, -0.2) is 4.39 Å². The Labute approximate surface area is 123 Å². The molecule has 0 fully saturated rings. The zero-order chi connectivity index (χ0) is 14.1. The highest BCUT2D eigenvalue weighted by Crippen LogP contribution is 2.23. The lowest BCUT2D eigenvalue weighted by atomic mass is 10.1. The van der Waals surface area contributed by atoms with E-state index in [0.29, 0.717) is 0 Å². The number of rotatable bonds is 9. The predicted octanol–water partition coefficient (Wildman–Crippen LogP) is 4.45. The van der Waals surface area contributed by atoms with Gasteiger partial charge in [0.15, 0.2) is 0 Å². The maximum Gasteiger partial charge on any atom is 0.124 e. The van der Waals surface area contributed by atoms with Gasteiger partial charge in [0.25, 0.3) is 0 Å². The Morgan fingerprint density at radius 1 is 1.32 bits per heavy atom. The SMILES string of the molecule is CCCCOCCCNC(C)c1ccc(F)cc1Br. The number of nitrogens with one attached hydrogen (secondary N) is 1. The van der Waals surface area contributed by atoms with E-state index in [1.165, 1.54) is 18.6 Å². The fourth-order valence-electron chi connectivity index (χ4n) is 1.80. The van der Waals surface area contributed by atoms with Crippen LogP contribution in [0.25, 0.3) is 0 Å². The molecule has 108 valence electrons. The first-order valence-electron chi connectivity index (χ1n) is 6.91. The number of halogens is 2. The van der Waals surface area contributed by atoms with Crippen molar-refractivity contribution in [3.8, 4) is 0 Å². The lowest BCUT2D eigenvalue weighted by molar-refractivity contribution is 0.128. The quantitative estimate of drug-likeness (QED) is 0.675. The molecule has 0 saturated carbocycles. The highest BCUT2D eigenvalue weighted by Gasteiger charge is 2.09. The fourth-order valence-corrected chi connectivity index (χ4v) is 2.50. The van der Waals surface area contributed by atoms with Crippen molar-refractivity contribution in [2.75, 3.05) is 19.8 Å². The Balaban J connectivity index is 2.22. The molecule has 0 amide bonds. The second-order valence-corrected chi connectivity index (χ2v) is 5.52. The Morgan fingerprint density at radius 3 is 2.74 bits per heavy atom. The smallest absolute Gasteiger partial charge is 0.124 e. The Hall–Kier alpha value is -0.450. The molecule has 19 heavy (non-hydrogen) atoms. The lowest BCUT2D eigenvalue weighted by Crippen LogP contribution is -2.21. The third-order valence-electron chi connectivity index (χ3n) is 2.99. The Kier molecular flexibility index (Phi) is 8.26. The van der Waals surface area contributed by atoms with E-state index in [4.69, 9.17) is 4.74 Å². The van der Waals surface area contributed by atoms with Crippen LogP contribution in [-0.2, 0) is 4.74 Å². The molecule has 0 bridgehead atoms. The number of hydrogen-bond donors (Lipinski definition) is 1. The summed E-state index contributed by atoms with van der Waals surface area (Å²) in [6.45, 7) is 6.79. The van der Waals surface area contributed by atoms with Crippen LogP contribution in [0.5, 0.6) is 0 Å². The first-order chi connectivity index (χ1) is 9.15. The van der Waals surface area contributed by atoms with Crippen LogP contribution in [0, 0.1) is 5.82 Å². The van der Waals surface area contributed by atoms with Crippen LogP contribution in [0.3, 0.4) is 0 Å². The molecule has 1 N–H and O–H groups in total. The minimum atomic E-state index is -0.216. The molecular formula is C15H23BrFNO. The molecule has 1 aromatic carbocycles. The Morgan fingerprint density at radius 2 is 2.05 bits per heavy atom. The van der Waals surface area contributed by atoms with Crippen LogP contribution in [-0.4, -0.2) is 19.8 Å². The van der Waals surface area contributed by atoms with Crippen molar-refractivity contribution in [1.82, 2.24) is 5.32 Å². The van der Waals surface area contributed by atoms with Gasteiger partial charge in [0.1, 0.15) is 5.82 Å². The summed E-state index contributed by atoms with van der Waals surface area (Å²) in [7, 11) is 0. The fraction of sp³-hybridized carbons (Fsp3) is 0.600. The topological polar surface area (TPSA) is 21.3 Å². The van der Waals surface area contributed by atoms with E-state index in [1.54, 1.807) is 0 Å². The van der Waals surface area contributed by atoms with Crippen LogP contribution in [0.1, 0.15) is 44.7 Å². The molecule has 0 aliphatic rings. The van der Waals surface area contributed by atoms with Gasteiger partial charge in [-0.1, -0.05) is 35.3 Å². The number of hydrogen-bond acceptors (Lipinski definition) is 2. The van der Waals surface area contributed by atoms with Crippen LogP contribution in [0.4, 0.5) is 4.39 Å². The van der Waals surface area contributed by atoms with Crippen LogP contribution >= 0.6 is 15.9 Å². The third kappa shape index (κ3) is 6.50. The molecule has 0 radical (unpaired) electrons. The summed E-state index contributed by atoms with van der Waals surface area (Å²) in [5.74, 6) is -0.216. The molecule has 1 rings (SSSR count). The van der Waals surface area contributed by atoms with E-state index in [-0.39, 0.29) is 11.9 Å². The van der Waals surface area contributed by atoms with Crippen molar-refractivity contribution in [2.24, 2.45) is 0 Å². The molecule has 2 nitrogen and oxygen atoms in total. The number of unbranched alkanes of at least 4 members (excludes halogenated alkanes) is 1. The van der Waals surface area contributed by atoms with Crippen molar-refractivity contribution in [3.63, 3.8) is 0 Å². The van der Waals surface area contributed by atoms with Gasteiger partial charge in [-0.15, -0.1) is 0 Å². The highest BCUT2D eigenvalue weighted by atomic mass is 79.9. The van der Waals surface area contributed by atoms with Crippen molar-refractivity contribution in [2.45, 2.75) is 39.2 Å².